The molecule has 2 aromatic heterocycles. The Morgan fingerprint density at radius 2 is 2.24 bits per heavy atom. The number of ether oxygens (including phenoxy) is 1. The van der Waals surface area contributed by atoms with Crippen LogP contribution in [0.4, 0.5) is 5.13 Å². The number of anilines is 1. The second-order valence-electron chi connectivity index (χ2n) is 3.46. The zero-order chi connectivity index (χ0) is 12.3. The van der Waals surface area contributed by atoms with Crippen LogP contribution in [0.1, 0.15) is 17.6 Å². The maximum atomic E-state index is 5.19. The Labute approximate surface area is 109 Å². The van der Waals surface area contributed by atoms with Gasteiger partial charge in [-0.1, -0.05) is 6.92 Å². The molecule has 0 aromatic carbocycles. The minimum Gasteiger partial charge on any atom is -0.378 e. The summed E-state index contributed by atoms with van der Waals surface area (Å²) in [5.74, 6) is 0. The predicted octanol–water partition coefficient (Wildman–Crippen LogP) is 3.02. The van der Waals surface area contributed by atoms with Crippen LogP contribution in [0.5, 0.6) is 0 Å². The van der Waals surface area contributed by atoms with Gasteiger partial charge in [0.1, 0.15) is 0 Å². The summed E-state index contributed by atoms with van der Waals surface area (Å²) in [5.41, 5.74) is 1.98. The fourth-order valence-corrected chi connectivity index (χ4v) is 3.18. The van der Waals surface area contributed by atoms with E-state index in [1.54, 1.807) is 29.8 Å². The van der Waals surface area contributed by atoms with Crippen molar-refractivity contribution < 1.29 is 4.74 Å². The number of aromatic nitrogens is 2. The van der Waals surface area contributed by atoms with Crippen LogP contribution in [-0.2, 0) is 17.8 Å². The van der Waals surface area contributed by atoms with Crippen LogP contribution in [0.15, 0.2) is 5.38 Å². The van der Waals surface area contributed by atoms with E-state index in [0.717, 1.165) is 32.8 Å². The highest BCUT2D eigenvalue weighted by Gasteiger charge is 2.14. The summed E-state index contributed by atoms with van der Waals surface area (Å²) in [6, 6.07) is 0. The van der Waals surface area contributed by atoms with E-state index in [4.69, 9.17) is 4.74 Å². The highest BCUT2D eigenvalue weighted by Crippen LogP contribution is 2.33. The second-order valence-corrected chi connectivity index (χ2v) is 5.40. The Hall–Kier alpha value is -0.980. The van der Waals surface area contributed by atoms with Gasteiger partial charge in [0, 0.05) is 19.5 Å². The van der Waals surface area contributed by atoms with Gasteiger partial charge in [0.05, 0.1) is 27.9 Å². The molecule has 1 N–H and O–H groups in total. The maximum absolute atomic E-state index is 5.19. The van der Waals surface area contributed by atoms with Crippen molar-refractivity contribution in [2.24, 2.45) is 0 Å². The third-order valence-corrected chi connectivity index (χ3v) is 4.40. The second kappa shape index (κ2) is 5.57. The average molecular weight is 269 g/mol. The molecule has 92 valence electrons. The lowest BCUT2D eigenvalue weighted by atomic mass is 10.3. The molecule has 0 unspecified atom stereocenters. The molecule has 2 rings (SSSR count). The van der Waals surface area contributed by atoms with Gasteiger partial charge < -0.3 is 10.1 Å². The van der Waals surface area contributed by atoms with Crippen LogP contribution in [0.3, 0.4) is 0 Å². The molecule has 0 aliphatic heterocycles. The first-order valence-electron chi connectivity index (χ1n) is 5.39. The monoisotopic (exact) mass is 269 g/mol. The molecule has 0 bridgehead atoms. The summed E-state index contributed by atoms with van der Waals surface area (Å²) >= 11 is 3.31. The number of methoxy groups -OCH3 is 1. The van der Waals surface area contributed by atoms with Crippen molar-refractivity contribution in [2.75, 3.05) is 19.5 Å². The molecule has 0 amide bonds. The number of rotatable bonds is 5. The molecule has 6 heteroatoms. The summed E-state index contributed by atoms with van der Waals surface area (Å²) in [4.78, 5) is 10.2. The van der Waals surface area contributed by atoms with Gasteiger partial charge in [0.25, 0.3) is 0 Å². The highest BCUT2D eigenvalue weighted by molar-refractivity contribution is 7.16. The van der Waals surface area contributed by atoms with Crippen molar-refractivity contribution >= 4 is 27.8 Å². The van der Waals surface area contributed by atoms with E-state index in [1.165, 1.54) is 0 Å². The highest BCUT2D eigenvalue weighted by atomic mass is 32.1. The molecule has 0 aliphatic rings. The summed E-state index contributed by atoms with van der Waals surface area (Å²) in [6.07, 6.45) is 0.949. The first-order chi connectivity index (χ1) is 8.28. The van der Waals surface area contributed by atoms with Crippen LogP contribution in [-0.4, -0.2) is 24.1 Å². The number of thiazole rings is 2. The summed E-state index contributed by atoms with van der Waals surface area (Å²) in [7, 11) is 3.57. The van der Waals surface area contributed by atoms with Crippen molar-refractivity contribution in [3.05, 3.63) is 16.1 Å². The van der Waals surface area contributed by atoms with Gasteiger partial charge in [-0.25, -0.2) is 9.97 Å². The average Bonchev–Trinajstić information content (AvgIpc) is 2.95. The minimum absolute atomic E-state index is 0.540. The fraction of sp³-hybridized carbons (Fsp3) is 0.455. The normalized spacial score (nSPS) is 10.8. The first kappa shape index (κ1) is 12.5. The lowest BCUT2D eigenvalue weighted by Crippen LogP contribution is -1.91. The van der Waals surface area contributed by atoms with Crippen molar-refractivity contribution in [3.8, 4) is 10.6 Å². The molecule has 17 heavy (non-hydrogen) atoms. The maximum Gasteiger partial charge on any atom is 0.182 e. The third-order valence-electron chi connectivity index (χ3n) is 2.28. The van der Waals surface area contributed by atoms with Gasteiger partial charge in [-0.05, 0) is 6.42 Å². The molecular formula is C11H15N3OS2. The molecule has 0 spiro atoms. The molecule has 4 nitrogen and oxygen atoms in total. The first-order valence-corrected chi connectivity index (χ1v) is 7.09. The van der Waals surface area contributed by atoms with Gasteiger partial charge >= 0.3 is 0 Å². The number of nitrogens with zero attached hydrogens (tertiary/aromatic N) is 2. The zero-order valence-corrected chi connectivity index (χ0v) is 11.7. The molecular weight excluding hydrogens is 254 g/mol. The van der Waals surface area contributed by atoms with Crippen molar-refractivity contribution in [3.63, 3.8) is 0 Å². The number of hydrogen-bond donors (Lipinski definition) is 1. The van der Waals surface area contributed by atoms with Gasteiger partial charge in [-0.15, -0.1) is 22.7 Å². The van der Waals surface area contributed by atoms with Crippen LogP contribution in [0, 0.1) is 0 Å². The summed E-state index contributed by atoms with van der Waals surface area (Å²) in [5, 5.41) is 7.16. The van der Waals surface area contributed by atoms with E-state index in [9.17, 15) is 0 Å². The number of nitrogens with one attached hydrogen (secondary N) is 1. The van der Waals surface area contributed by atoms with Crippen LogP contribution in [0.2, 0.25) is 0 Å². The molecule has 2 aromatic rings. The molecule has 0 atom stereocenters. The molecule has 0 fully saturated rings. The molecule has 0 saturated heterocycles. The summed E-state index contributed by atoms with van der Waals surface area (Å²) in [6.45, 7) is 2.65. The Kier molecular flexibility index (Phi) is 4.09. The SMILES string of the molecule is CCc1nc(COC)c(-c2csc(NC)n2)s1. The third kappa shape index (κ3) is 2.65. The standard InChI is InChI=1S/C11H15N3OS2/c1-4-9-13-7(5-15-3)10(17-9)8-6-16-11(12-2)14-8/h6H,4-5H2,1-3H3,(H,12,14). The van der Waals surface area contributed by atoms with E-state index in [-0.39, 0.29) is 0 Å². The molecule has 0 aliphatic carbocycles. The zero-order valence-electron chi connectivity index (χ0n) is 10.1. The predicted molar refractivity (Wildman–Crippen MR) is 72.9 cm³/mol. The van der Waals surface area contributed by atoms with Gasteiger partial charge in [-0.3, -0.25) is 0 Å². The van der Waals surface area contributed by atoms with E-state index < -0.39 is 0 Å². The van der Waals surface area contributed by atoms with Gasteiger partial charge in [-0.2, -0.15) is 0 Å². The summed E-state index contributed by atoms with van der Waals surface area (Å²) < 4.78 is 5.19. The largest absolute Gasteiger partial charge is 0.378 e. The van der Waals surface area contributed by atoms with Crippen LogP contribution >= 0.6 is 22.7 Å². The Morgan fingerprint density at radius 1 is 1.41 bits per heavy atom. The fourth-order valence-electron chi connectivity index (χ4n) is 1.48. The van der Waals surface area contributed by atoms with E-state index in [0.29, 0.717) is 6.61 Å². The van der Waals surface area contributed by atoms with Crippen LogP contribution < -0.4 is 5.32 Å². The van der Waals surface area contributed by atoms with Crippen molar-refractivity contribution in [2.45, 2.75) is 20.0 Å². The molecule has 0 radical (unpaired) electrons. The number of hydrogen-bond acceptors (Lipinski definition) is 6. The lowest BCUT2D eigenvalue weighted by molar-refractivity contribution is 0.182. The smallest absolute Gasteiger partial charge is 0.182 e. The Balaban J connectivity index is 2.38. The van der Waals surface area contributed by atoms with Gasteiger partial charge in [0.15, 0.2) is 5.13 Å². The molecule has 0 saturated carbocycles. The lowest BCUT2D eigenvalue weighted by Gasteiger charge is -1.97. The molecule has 2 heterocycles. The van der Waals surface area contributed by atoms with E-state index in [2.05, 4.69) is 27.6 Å². The van der Waals surface area contributed by atoms with Crippen molar-refractivity contribution in [1.29, 1.82) is 0 Å². The van der Waals surface area contributed by atoms with E-state index >= 15 is 0 Å². The van der Waals surface area contributed by atoms with Crippen LogP contribution in [0.25, 0.3) is 10.6 Å². The quantitative estimate of drug-likeness (QED) is 0.906. The topological polar surface area (TPSA) is 47.0 Å². The van der Waals surface area contributed by atoms with E-state index in [1.807, 2.05) is 7.05 Å². The number of aryl methyl sites for hydroxylation is 1. The van der Waals surface area contributed by atoms with Crippen molar-refractivity contribution in [1.82, 2.24) is 9.97 Å². The minimum atomic E-state index is 0.540. The Bertz CT molecular complexity index is 493. The van der Waals surface area contributed by atoms with Gasteiger partial charge in [0.2, 0.25) is 0 Å². The Morgan fingerprint density at radius 3 is 2.82 bits per heavy atom.